The van der Waals surface area contributed by atoms with Crippen molar-refractivity contribution in [3.8, 4) is 0 Å². The number of nitrogens with one attached hydrogen (secondary N) is 6. The van der Waals surface area contributed by atoms with Crippen molar-refractivity contribution in [3.63, 3.8) is 0 Å². The number of rotatable bonds is 18. The van der Waals surface area contributed by atoms with Crippen molar-refractivity contribution in [1.82, 2.24) is 31.9 Å². The van der Waals surface area contributed by atoms with E-state index in [1.807, 2.05) is 42.5 Å². The molecule has 47 heavy (non-hydrogen) atoms. The van der Waals surface area contributed by atoms with E-state index in [0.29, 0.717) is 25.3 Å². The topological polar surface area (TPSA) is 235 Å². The van der Waals surface area contributed by atoms with E-state index in [1.54, 1.807) is 0 Å². The Morgan fingerprint density at radius 3 is 2.04 bits per heavy atom. The zero-order valence-corrected chi connectivity index (χ0v) is 26.1. The van der Waals surface area contributed by atoms with E-state index < -0.39 is 60.4 Å². The molecule has 5 amide bonds. The normalized spacial score (nSPS) is 15.1. The van der Waals surface area contributed by atoms with E-state index in [0.717, 1.165) is 42.3 Å². The molecule has 1 aliphatic rings. The molecule has 1 saturated heterocycles. The number of carboxylic acid groups (broad SMARTS) is 3. The van der Waals surface area contributed by atoms with Crippen LogP contribution in [0.25, 0.3) is 10.8 Å². The van der Waals surface area contributed by atoms with Crippen LogP contribution >= 0.6 is 0 Å². The van der Waals surface area contributed by atoms with Crippen LogP contribution in [-0.2, 0) is 25.6 Å². The highest BCUT2D eigenvalue weighted by Crippen LogP contribution is 2.17. The first-order valence-electron chi connectivity index (χ1n) is 15.8. The van der Waals surface area contributed by atoms with Crippen molar-refractivity contribution in [2.45, 2.75) is 69.5 Å². The second kappa shape index (κ2) is 18.9. The third-order valence-corrected chi connectivity index (χ3v) is 7.96. The number of carbonyl (C=O) groups is 6. The number of benzene rings is 2. The number of urea groups is 2. The molecule has 3 atom stereocenters. The second-order valence-electron chi connectivity index (χ2n) is 11.6. The van der Waals surface area contributed by atoms with Crippen molar-refractivity contribution in [2.24, 2.45) is 5.92 Å². The van der Waals surface area contributed by atoms with E-state index in [1.165, 1.54) is 0 Å². The molecule has 0 unspecified atom stereocenters. The van der Waals surface area contributed by atoms with Gasteiger partial charge < -0.3 is 47.2 Å². The Bertz CT molecular complexity index is 1400. The summed E-state index contributed by atoms with van der Waals surface area (Å²) in [6.45, 7) is 2.49. The quantitative estimate of drug-likeness (QED) is 0.105. The van der Waals surface area contributed by atoms with Crippen LogP contribution in [0.4, 0.5) is 9.59 Å². The van der Waals surface area contributed by atoms with E-state index >= 15 is 0 Å². The molecule has 1 aliphatic heterocycles. The van der Waals surface area contributed by atoms with Gasteiger partial charge in [-0.15, -0.1) is 0 Å². The molecule has 0 bridgehead atoms. The average molecular weight is 657 g/mol. The van der Waals surface area contributed by atoms with Crippen LogP contribution in [0, 0.1) is 5.92 Å². The fraction of sp³-hybridized carbons (Fsp3) is 0.500. The molecule has 256 valence electrons. The van der Waals surface area contributed by atoms with Gasteiger partial charge in [-0.2, -0.15) is 0 Å². The third kappa shape index (κ3) is 13.1. The van der Waals surface area contributed by atoms with E-state index in [2.05, 4.69) is 31.9 Å². The summed E-state index contributed by atoms with van der Waals surface area (Å²) in [4.78, 5) is 72.0. The zero-order chi connectivity index (χ0) is 34.2. The Kier molecular flexibility index (Phi) is 14.7. The molecule has 0 radical (unpaired) electrons. The molecular formula is C32H44N6O9. The standard InChI is InChI=1S/C32H44N6O9/c39-27(40)11-10-25(30(44)45)37-32(47)36-24(29(42)43)7-3-4-14-34-28(41)26(38-31(46)35-19-20-12-15-33-16-13-20)18-21-8-9-22-5-1-2-6-23(22)17-21/h1-2,5-6,8-9,17,20,24-26,33H,3-4,7,10-16,18-19H2,(H,34,41)(H,39,40)(H,42,43)(H,44,45)(H2,35,38,46)(H2,36,37,47)/t24-,25-,26-/m0/s1. The highest BCUT2D eigenvalue weighted by molar-refractivity contribution is 5.88. The van der Waals surface area contributed by atoms with Crippen LogP contribution in [-0.4, -0.2) is 95.5 Å². The van der Waals surface area contributed by atoms with Gasteiger partial charge in [-0.25, -0.2) is 19.2 Å². The van der Waals surface area contributed by atoms with Gasteiger partial charge in [-0.05, 0) is 73.9 Å². The zero-order valence-electron chi connectivity index (χ0n) is 26.1. The Labute approximate surface area is 272 Å². The number of piperidine rings is 1. The molecule has 2 aromatic rings. The monoisotopic (exact) mass is 656 g/mol. The highest BCUT2D eigenvalue weighted by atomic mass is 16.4. The fourth-order valence-electron chi connectivity index (χ4n) is 5.29. The molecule has 0 spiro atoms. The van der Waals surface area contributed by atoms with Crippen molar-refractivity contribution in [1.29, 1.82) is 0 Å². The highest BCUT2D eigenvalue weighted by Gasteiger charge is 2.25. The van der Waals surface area contributed by atoms with Crippen LogP contribution in [0.1, 0.15) is 50.5 Å². The van der Waals surface area contributed by atoms with Crippen molar-refractivity contribution in [2.75, 3.05) is 26.2 Å². The summed E-state index contributed by atoms with van der Waals surface area (Å²) in [6.07, 6.45) is 1.95. The maximum atomic E-state index is 13.3. The number of carboxylic acids is 3. The number of fused-ring (bicyclic) bond motifs is 1. The van der Waals surface area contributed by atoms with E-state index in [4.69, 9.17) is 5.11 Å². The molecule has 1 fully saturated rings. The summed E-state index contributed by atoms with van der Waals surface area (Å²) >= 11 is 0. The summed E-state index contributed by atoms with van der Waals surface area (Å²) in [6, 6.07) is 8.47. The SMILES string of the molecule is O=C(O)CC[C@H](NC(=O)N[C@@H](CCCCNC(=O)[C@H](Cc1ccc2ccccc2c1)NC(=O)NCC1CCNCC1)C(=O)O)C(=O)O. The molecule has 0 aliphatic carbocycles. The lowest BCUT2D eigenvalue weighted by Crippen LogP contribution is -2.52. The number of hydrogen-bond donors (Lipinski definition) is 9. The van der Waals surface area contributed by atoms with Crippen LogP contribution < -0.4 is 31.9 Å². The molecule has 3 rings (SSSR count). The van der Waals surface area contributed by atoms with Crippen molar-refractivity contribution in [3.05, 3.63) is 48.0 Å². The van der Waals surface area contributed by atoms with Gasteiger partial charge in [0.05, 0.1) is 0 Å². The van der Waals surface area contributed by atoms with Crippen LogP contribution in [0.3, 0.4) is 0 Å². The van der Waals surface area contributed by atoms with Gasteiger partial charge in [0, 0.05) is 25.9 Å². The minimum Gasteiger partial charge on any atom is -0.481 e. The van der Waals surface area contributed by atoms with Gasteiger partial charge in [0.1, 0.15) is 18.1 Å². The summed E-state index contributed by atoms with van der Waals surface area (Å²) in [5.74, 6) is -4.06. The van der Waals surface area contributed by atoms with Crippen LogP contribution in [0.5, 0.6) is 0 Å². The minimum absolute atomic E-state index is 0.0106. The van der Waals surface area contributed by atoms with Gasteiger partial charge in [0.15, 0.2) is 0 Å². The summed E-state index contributed by atoms with van der Waals surface area (Å²) in [7, 11) is 0. The summed E-state index contributed by atoms with van der Waals surface area (Å²) in [5.41, 5.74) is 0.865. The molecule has 15 heteroatoms. The molecular weight excluding hydrogens is 612 g/mol. The first kappa shape index (κ1) is 36.5. The second-order valence-corrected chi connectivity index (χ2v) is 11.6. The summed E-state index contributed by atoms with van der Waals surface area (Å²) in [5, 5.41) is 45.6. The maximum Gasteiger partial charge on any atom is 0.326 e. The molecule has 0 saturated carbocycles. The Morgan fingerprint density at radius 2 is 1.38 bits per heavy atom. The number of carbonyl (C=O) groups excluding carboxylic acids is 3. The number of amides is 5. The Morgan fingerprint density at radius 1 is 0.745 bits per heavy atom. The molecule has 1 heterocycles. The number of unbranched alkanes of at least 4 members (excludes halogenated alkanes) is 1. The predicted octanol–water partition coefficient (Wildman–Crippen LogP) is 1.41. The van der Waals surface area contributed by atoms with E-state index in [9.17, 15) is 39.0 Å². The molecule has 15 nitrogen and oxygen atoms in total. The van der Waals surface area contributed by atoms with Gasteiger partial charge in [-0.3, -0.25) is 9.59 Å². The van der Waals surface area contributed by atoms with Gasteiger partial charge in [0.2, 0.25) is 5.91 Å². The molecule has 9 N–H and O–H groups in total. The largest absolute Gasteiger partial charge is 0.481 e. The Hall–Kier alpha value is -4.92. The first-order valence-corrected chi connectivity index (χ1v) is 15.8. The first-order chi connectivity index (χ1) is 22.5. The Balaban J connectivity index is 1.51. The minimum atomic E-state index is -1.50. The number of aliphatic carboxylic acids is 3. The van der Waals surface area contributed by atoms with Gasteiger partial charge in [0.25, 0.3) is 0 Å². The third-order valence-electron chi connectivity index (χ3n) is 7.96. The van der Waals surface area contributed by atoms with Crippen molar-refractivity contribution < 1.29 is 44.1 Å². The average Bonchev–Trinajstić information content (AvgIpc) is 3.04. The lowest BCUT2D eigenvalue weighted by atomic mass is 9.98. The predicted molar refractivity (Wildman–Crippen MR) is 172 cm³/mol. The lowest BCUT2D eigenvalue weighted by Gasteiger charge is -2.24. The lowest BCUT2D eigenvalue weighted by molar-refractivity contribution is -0.140. The van der Waals surface area contributed by atoms with E-state index in [-0.39, 0.29) is 25.8 Å². The smallest absolute Gasteiger partial charge is 0.326 e. The summed E-state index contributed by atoms with van der Waals surface area (Å²) < 4.78 is 0. The maximum absolute atomic E-state index is 13.3. The van der Waals surface area contributed by atoms with Crippen LogP contribution in [0.15, 0.2) is 42.5 Å². The number of hydrogen-bond acceptors (Lipinski definition) is 7. The molecule has 0 aromatic heterocycles. The van der Waals surface area contributed by atoms with Gasteiger partial charge in [-0.1, -0.05) is 42.5 Å². The molecule has 2 aromatic carbocycles. The fourth-order valence-corrected chi connectivity index (χ4v) is 5.29. The van der Waals surface area contributed by atoms with Crippen molar-refractivity contribution >= 4 is 46.6 Å². The van der Waals surface area contributed by atoms with Crippen LogP contribution in [0.2, 0.25) is 0 Å². The van der Waals surface area contributed by atoms with Gasteiger partial charge >= 0.3 is 30.0 Å².